The Morgan fingerprint density at radius 3 is 2.65 bits per heavy atom. The van der Waals surface area contributed by atoms with Gasteiger partial charge in [-0.25, -0.2) is 0 Å². The minimum absolute atomic E-state index is 0.0325. The molecule has 5 nitrogen and oxygen atoms in total. The minimum Gasteiger partial charge on any atom is -0.337 e. The number of likely N-dealkylation sites (tertiary alicyclic amines) is 1. The zero-order valence-corrected chi connectivity index (χ0v) is 11.6. The molecule has 0 N–H and O–H groups in total. The summed E-state index contributed by atoms with van der Waals surface area (Å²) in [6, 6.07) is 7.80. The second-order valence-corrected chi connectivity index (χ2v) is 5.20. The van der Waals surface area contributed by atoms with Crippen LogP contribution in [0.3, 0.4) is 0 Å². The van der Waals surface area contributed by atoms with Crippen LogP contribution in [0, 0.1) is 0 Å². The SMILES string of the molecule is Cn1ccc(C(=O)N2CCC(c3ccccn3)CC2)n1. The second-order valence-electron chi connectivity index (χ2n) is 5.20. The molecule has 1 saturated heterocycles. The number of carbonyl (C=O) groups excluding carboxylic acids is 1. The maximum absolute atomic E-state index is 12.3. The smallest absolute Gasteiger partial charge is 0.274 e. The van der Waals surface area contributed by atoms with Gasteiger partial charge in [0.05, 0.1) is 0 Å². The molecule has 3 rings (SSSR count). The molecule has 0 bridgehead atoms. The van der Waals surface area contributed by atoms with Gasteiger partial charge in [-0.3, -0.25) is 14.5 Å². The first-order chi connectivity index (χ1) is 9.74. The van der Waals surface area contributed by atoms with Gasteiger partial charge in [-0.1, -0.05) is 6.07 Å². The summed E-state index contributed by atoms with van der Waals surface area (Å²) in [6.45, 7) is 1.55. The van der Waals surface area contributed by atoms with Crippen molar-refractivity contribution in [2.75, 3.05) is 13.1 Å². The number of piperidine rings is 1. The van der Waals surface area contributed by atoms with Gasteiger partial charge in [0.15, 0.2) is 0 Å². The maximum atomic E-state index is 12.3. The van der Waals surface area contributed by atoms with Gasteiger partial charge in [0.1, 0.15) is 5.69 Å². The normalized spacial score (nSPS) is 16.4. The van der Waals surface area contributed by atoms with Crippen molar-refractivity contribution in [2.24, 2.45) is 7.05 Å². The lowest BCUT2D eigenvalue weighted by Gasteiger charge is -2.31. The number of rotatable bonds is 2. The fourth-order valence-electron chi connectivity index (χ4n) is 2.69. The summed E-state index contributed by atoms with van der Waals surface area (Å²) in [4.78, 5) is 18.6. The average Bonchev–Trinajstić information content (AvgIpc) is 2.94. The number of pyridine rings is 1. The zero-order valence-electron chi connectivity index (χ0n) is 11.6. The molecule has 2 aromatic heterocycles. The predicted molar refractivity (Wildman–Crippen MR) is 75.3 cm³/mol. The highest BCUT2D eigenvalue weighted by molar-refractivity contribution is 5.92. The van der Waals surface area contributed by atoms with Crippen LogP contribution in [0.15, 0.2) is 36.7 Å². The van der Waals surface area contributed by atoms with Gasteiger partial charge in [-0.05, 0) is 31.0 Å². The first kappa shape index (κ1) is 12.8. The van der Waals surface area contributed by atoms with Crippen molar-refractivity contribution in [1.29, 1.82) is 0 Å². The Labute approximate surface area is 118 Å². The highest BCUT2D eigenvalue weighted by Gasteiger charge is 2.26. The van der Waals surface area contributed by atoms with Crippen molar-refractivity contribution >= 4 is 5.91 Å². The van der Waals surface area contributed by atoms with E-state index < -0.39 is 0 Å². The van der Waals surface area contributed by atoms with Crippen LogP contribution in [0.25, 0.3) is 0 Å². The van der Waals surface area contributed by atoms with Crippen molar-refractivity contribution in [3.05, 3.63) is 48.0 Å². The number of amides is 1. The molecule has 104 valence electrons. The highest BCUT2D eigenvalue weighted by atomic mass is 16.2. The molecule has 20 heavy (non-hydrogen) atoms. The monoisotopic (exact) mass is 270 g/mol. The third-order valence-corrected chi connectivity index (χ3v) is 3.82. The first-order valence-corrected chi connectivity index (χ1v) is 6.94. The highest BCUT2D eigenvalue weighted by Crippen LogP contribution is 2.26. The van der Waals surface area contributed by atoms with Crippen LogP contribution in [-0.4, -0.2) is 38.7 Å². The van der Waals surface area contributed by atoms with Crippen LogP contribution in [0.2, 0.25) is 0 Å². The number of aromatic nitrogens is 3. The zero-order chi connectivity index (χ0) is 13.9. The van der Waals surface area contributed by atoms with Gasteiger partial charge in [0.25, 0.3) is 5.91 Å². The third kappa shape index (κ3) is 2.57. The van der Waals surface area contributed by atoms with Crippen LogP contribution in [0.5, 0.6) is 0 Å². The molecular weight excluding hydrogens is 252 g/mol. The van der Waals surface area contributed by atoms with E-state index in [1.54, 1.807) is 16.9 Å². The number of carbonyl (C=O) groups is 1. The standard InChI is InChI=1S/C15H18N4O/c1-18-9-7-14(17-18)15(20)19-10-5-12(6-11-19)13-4-2-3-8-16-13/h2-4,7-9,12H,5-6,10-11H2,1H3. The van der Waals surface area contributed by atoms with Crippen LogP contribution >= 0.6 is 0 Å². The Kier molecular flexibility index (Phi) is 3.50. The lowest BCUT2D eigenvalue weighted by Crippen LogP contribution is -2.38. The molecule has 0 radical (unpaired) electrons. The third-order valence-electron chi connectivity index (χ3n) is 3.82. The number of nitrogens with zero attached hydrogens (tertiary/aromatic N) is 4. The van der Waals surface area contributed by atoms with E-state index >= 15 is 0 Å². The molecule has 0 aliphatic carbocycles. The lowest BCUT2D eigenvalue weighted by molar-refractivity contribution is 0.0705. The number of hydrogen-bond donors (Lipinski definition) is 0. The number of aryl methyl sites for hydroxylation is 1. The summed E-state index contributed by atoms with van der Waals surface area (Å²) >= 11 is 0. The summed E-state index contributed by atoms with van der Waals surface area (Å²) in [5.74, 6) is 0.494. The van der Waals surface area contributed by atoms with Crippen molar-refractivity contribution in [2.45, 2.75) is 18.8 Å². The Morgan fingerprint density at radius 2 is 2.05 bits per heavy atom. The Morgan fingerprint density at radius 1 is 1.25 bits per heavy atom. The molecule has 1 aliphatic heterocycles. The summed E-state index contributed by atoms with van der Waals surface area (Å²) in [5, 5.41) is 4.18. The average molecular weight is 270 g/mol. The van der Waals surface area contributed by atoms with Crippen LogP contribution in [0.1, 0.15) is 34.9 Å². The van der Waals surface area contributed by atoms with Gasteiger partial charge in [-0.2, -0.15) is 5.10 Å². The van der Waals surface area contributed by atoms with E-state index in [9.17, 15) is 4.79 Å². The Balaban J connectivity index is 1.63. The predicted octanol–water partition coefficient (Wildman–Crippen LogP) is 1.83. The van der Waals surface area contributed by atoms with E-state index in [0.29, 0.717) is 11.6 Å². The Hall–Kier alpha value is -2.17. The molecule has 3 heterocycles. The molecule has 0 atom stereocenters. The molecule has 0 aromatic carbocycles. The minimum atomic E-state index is 0.0325. The fourth-order valence-corrected chi connectivity index (χ4v) is 2.69. The van der Waals surface area contributed by atoms with Gasteiger partial charge in [-0.15, -0.1) is 0 Å². The molecular formula is C15H18N4O. The number of hydrogen-bond acceptors (Lipinski definition) is 3. The van der Waals surface area contributed by atoms with Gasteiger partial charge in [0.2, 0.25) is 0 Å². The van der Waals surface area contributed by atoms with E-state index in [1.807, 2.05) is 30.3 Å². The van der Waals surface area contributed by atoms with Crippen LogP contribution in [0.4, 0.5) is 0 Å². The largest absolute Gasteiger partial charge is 0.337 e. The van der Waals surface area contributed by atoms with Crippen molar-refractivity contribution in [3.8, 4) is 0 Å². The quantitative estimate of drug-likeness (QED) is 0.836. The molecule has 1 fully saturated rings. The van der Waals surface area contributed by atoms with Crippen LogP contribution in [-0.2, 0) is 7.05 Å². The molecule has 5 heteroatoms. The van der Waals surface area contributed by atoms with E-state index in [1.165, 1.54) is 0 Å². The molecule has 1 aliphatic rings. The summed E-state index contributed by atoms with van der Waals surface area (Å²) in [6.07, 6.45) is 5.57. The first-order valence-electron chi connectivity index (χ1n) is 6.94. The topological polar surface area (TPSA) is 51.0 Å². The lowest BCUT2D eigenvalue weighted by atomic mass is 9.93. The van der Waals surface area contributed by atoms with Crippen molar-refractivity contribution < 1.29 is 4.79 Å². The van der Waals surface area contributed by atoms with Gasteiger partial charge < -0.3 is 4.90 Å². The van der Waals surface area contributed by atoms with Gasteiger partial charge in [0, 0.05) is 44.1 Å². The van der Waals surface area contributed by atoms with E-state index in [0.717, 1.165) is 31.6 Å². The molecule has 0 saturated carbocycles. The van der Waals surface area contributed by atoms with E-state index in [-0.39, 0.29) is 5.91 Å². The fraction of sp³-hybridized carbons (Fsp3) is 0.400. The van der Waals surface area contributed by atoms with Gasteiger partial charge >= 0.3 is 0 Å². The molecule has 0 unspecified atom stereocenters. The summed E-state index contributed by atoms with van der Waals surface area (Å²) in [7, 11) is 1.82. The van der Waals surface area contributed by atoms with Crippen LogP contribution < -0.4 is 0 Å². The van der Waals surface area contributed by atoms with E-state index in [2.05, 4.69) is 16.1 Å². The summed E-state index contributed by atoms with van der Waals surface area (Å²) in [5.41, 5.74) is 1.67. The Bertz CT molecular complexity index is 585. The molecule has 0 spiro atoms. The van der Waals surface area contributed by atoms with E-state index in [4.69, 9.17) is 0 Å². The van der Waals surface area contributed by atoms with Crippen molar-refractivity contribution in [3.63, 3.8) is 0 Å². The summed E-state index contributed by atoms with van der Waals surface area (Å²) < 4.78 is 1.66. The maximum Gasteiger partial charge on any atom is 0.274 e. The molecule has 1 amide bonds. The molecule has 2 aromatic rings. The second kappa shape index (κ2) is 5.45. The van der Waals surface area contributed by atoms with Crippen molar-refractivity contribution in [1.82, 2.24) is 19.7 Å².